The van der Waals surface area contributed by atoms with E-state index >= 15 is 0 Å². The van der Waals surface area contributed by atoms with E-state index in [0.717, 1.165) is 5.01 Å². The summed E-state index contributed by atoms with van der Waals surface area (Å²) in [5.41, 5.74) is 0.196. The van der Waals surface area contributed by atoms with E-state index in [2.05, 4.69) is 10.1 Å². The zero-order chi connectivity index (χ0) is 14.0. The number of aromatic nitrogens is 3. The molecular formula is C12H15N3O3S. The Hall–Kier alpha value is -1.76. The third-order valence-corrected chi connectivity index (χ3v) is 3.69. The van der Waals surface area contributed by atoms with E-state index in [1.54, 1.807) is 6.92 Å². The van der Waals surface area contributed by atoms with Crippen LogP contribution in [0.15, 0.2) is 10.9 Å². The van der Waals surface area contributed by atoms with Gasteiger partial charge in [0.05, 0.1) is 5.69 Å². The third kappa shape index (κ3) is 2.98. The number of fused-ring (bicyclic) bond motifs is 1. The molecule has 2 heterocycles. The van der Waals surface area contributed by atoms with Gasteiger partial charge in [-0.1, -0.05) is 32.1 Å². The van der Waals surface area contributed by atoms with E-state index in [0.29, 0.717) is 17.1 Å². The Bertz CT molecular complexity index is 660. The molecule has 19 heavy (non-hydrogen) atoms. The highest BCUT2D eigenvalue weighted by atomic mass is 32.1. The molecule has 102 valence electrons. The Balaban J connectivity index is 2.33. The van der Waals surface area contributed by atoms with Gasteiger partial charge in [-0.05, 0) is 0 Å². The van der Waals surface area contributed by atoms with Crippen LogP contribution in [0.4, 0.5) is 0 Å². The van der Waals surface area contributed by atoms with Crippen molar-refractivity contribution in [3.05, 3.63) is 27.1 Å². The van der Waals surface area contributed by atoms with Gasteiger partial charge < -0.3 is 4.74 Å². The predicted octanol–water partition coefficient (Wildman–Crippen LogP) is 1.73. The van der Waals surface area contributed by atoms with Crippen LogP contribution in [0.1, 0.15) is 43.8 Å². The van der Waals surface area contributed by atoms with Crippen LogP contribution in [0.5, 0.6) is 0 Å². The van der Waals surface area contributed by atoms with Gasteiger partial charge in [-0.25, -0.2) is 4.98 Å². The summed E-state index contributed by atoms with van der Waals surface area (Å²) in [6.07, 6.45) is 0.305. The number of esters is 1. The number of rotatable bonds is 4. The minimum Gasteiger partial charge on any atom is -0.459 e. The lowest BCUT2D eigenvalue weighted by Gasteiger charge is -2.01. The number of hydrogen-bond donors (Lipinski definition) is 0. The highest BCUT2D eigenvalue weighted by Crippen LogP contribution is 2.19. The molecule has 0 atom stereocenters. The van der Waals surface area contributed by atoms with Crippen molar-refractivity contribution >= 4 is 22.3 Å². The summed E-state index contributed by atoms with van der Waals surface area (Å²) in [6, 6.07) is 1.35. The van der Waals surface area contributed by atoms with E-state index in [1.165, 1.54) is 21.9 Å². The van der Waals surface area contributed by atoms with Gasteiger partial charge in [0.1, 0.15) is 11.6 Å². The quantitative estimate of drug-likeness (QED) is 0.798. The minimum atomic E-state index is -0.311. The van der Waals surface area contributed by atoms with Crippen LogP contribution in [0.2, 0.25) is 0 Å². The van der Waals surface area contributed by atoms with E-state index in [-0.39, 0.29) is 24.1 Å². The Kier molecular flexibility index (Phi) is 3.94. The first-order valence-electron chi connectivity index (χ1n) is 6.06. The Morgan fingerprint density at radius 3 is 2.89 bits per heavy atom. The molecule has 2 rings (SSSR count). The molecule has 0 aliphatic carbocycles. The average molecular weight is 281 g/mol. The van der Waals surface area contributed by atoms with E-state index in [9.17, 15) is 9.59 Å². The molecule has 7 heteroatoms. The molecule has 0 N–H and O–H groups in total. The van der Waals surface area contributed by atoms with Gasteiger partial charge in [0.2, 0.25) is 4.96 Å². The van der Waals surface area contributed by atoms with Gasteiger partial charge in [-0.15, -0.1) is 0 Å². The lowest BCUT2D eigenvalue weighted by atomic mass is 10.2. The summed E-state index contributed by atoms with van der Waals surface area (Å²) >= 11 is 1.37. The second-order valence-electron chi connectivity index (χ2n) is 4.39. The molecule has 0 spiro atoms. The van der Waals surface area contributed by atoms with Crippen LogP contribution in [0.25, 0.3) is 4.96 Å². The van der Waals surface area contributed by atoms with Crippen LogP contribution in [-0.2, 0) is 16.1 Å². The number of carbonyl (C=O) groups is 1. The number of carbonyl (C=O) groups excluding carboxylic acids is 1. The van der Waals surface area contributed by atoms with Gasteiger partial charge in [-0.3, -0.25) is 9.59 Å². The fourth-order valence-electron chi connectivity index (χ4n) is 1.43. The largest absolute Gasteiger partial charge is 0.459 e. The zero-order valence-electron chi connectivity index (χ0n) is 11.0. The molecule has 0 unspecified atom stereocenters. The third-order valence-electron chi connectivity index (χ3n) is 2.48. The molecular weight excluding hydrogens is 266 g/mol. The molecule has 0 fully saturated rings. The molecule has 0 saturated carbocycles. The van der Waals surface area contributed by atoms with Gasteiger partial charge in [0.15, 0.2) is 0 Å². The molecule has 0 radical (unpaired) electrons. The van der Waals surface area contributed by atoms with Crippen molar-refractivity contribution in [1.29, 1.82) is 0 Å². The molecule has 2 aromatic heterocycles. The summed E-state index contributed by atoms with van der Waals surface area (Å²) < 4.78 is 6.25. The molecule has 6 nitrogen and oxygen atoms in total. The molecule has 2 aromatic rings. The molecule has 0 amide bonds. The van der Waals surface area contributed by atoms with Gasteiger partial charge in [0.25, 0.3) is 5.56 Å². The first kappa shape index (κ1) is 13.7. The smallest absolute Gasteiger partial charge is 0.305 e. The first-order valence-corrected chi connectivity index (χ1v) is 6.88. The molecule has 0 aliphatic heterocycles. The van der Waals surface area contributed by atoms with Crippen molar-refractivity contribution in [2.24, 2.45) is 0 Å². The zero-order valence-corrected chi connectivity index (χ0v) is 11.9. The van der Waals surface area contributed by atoms with Crippen LogP contribution >= 0.6 is 11.3 Å². The number of ether oxygens (including phenoxy) is 1. The summed E-state index contributed by atoms with van der Waals surface area (Å²) in [5.74, 6) is -0.0679. The van der Waals surface area contributed by atoms with Gasteiger partial charge >= 0.3 is 5.97 Å². The Morgan fingerprint density at radius 2 is 2.26 bits per heavy atom. The van der Waals surface area contributed by atoms with Crippen molar-refractivity contribution in [2.45, 2.75) is 39.7 Å². The Morgan fingerprint density at radius 1 is 1.53 bits per heavy atom. The normalized spacial score (nSPS) is 11.2. The average Bonchev–Trinajstić information content (AvgIpc) is 2.80. The van der Waals surface area contributed by atoms with Crippen molar-refractivity contribution in [3.63, 3.8) is 0 Å². The summed E-state index contributed by atoms with van der Waals surface area (Å²) in [4.78, 5) is 27.8. The summed E-state index contributed by atoms with van der Waals surface area (Å²) in [6.45, 7) is 5.75. The summed E-state index contributed by atoms with van der Waals surface area (Å²) in [5, 5.41) is 5.07. The lowest BCUT2D eigenvalue weighted by Crippen LogP contribution is -2.16. The second kappa shape index (κ2) is 5.48. The van der Waals surface area contributed by atoms with Crippen molar-refractivity contribution < 1.29 is 9.53 Å². The SMILES string of the molecule is CCC(=O)OCc1cc(=O)n2nc(C(C)C)sc2n1. The van der Waals surface area contributed by atoms with Crippen LogP contribution < -0.4 is 5.56 Å². The second-order valence-corrected chi connectivity index (χ2v) is 5.38. The van der Waals surface area contributed by atoms with E-state index in [1.807, 2.05) is 13.8 Å². The topological polar surface area (TPSA) is 73.6 Å². The van der Waals surface area contributed by atoms with Crippen molar-refractivity contribution in [1.82, 2.24) is 14.6 Å². The number of hydrogen-bond acceptors (Lipinski definition) is 6. The lowest BCUT2D eigenvalue weighted by molar-refractivity contribution is -0.144. The molecule has 0 aliphatic rings. The predicted molar refractivity (Wildman–Crippen MR) is 71.3 cm³/mol. The van der Waals surface area contributed by atoms with E-state index in [4.69, 9.17) is 4.74 Å². The maximum Gasteiger partial charge on any atom is 0.305 e. The maximum absolute atomic E-state index is 11.9. The highest BCUT2D eigenvalue weighted by molar-refractivity contribution is 7.16. The van der Waals surface area contributed by atoms with Crippen LogP contribution in [0.3, 0.4) is 0 Å². The molecule has 0 bridgehead atoms. The maximum atomic E-state index is 11.9. The van der Waals surface area contributed by atoms with E-state index < -0.39 is 0 Å². The molecule has 0 saturated heterocycles. The Labute approximate surface area is 114 Å². The monoisotopic (exact) mass is 281 g/mol. The van der Waals surface area contributed by atoms with Crippen LogP contribution in [-0.4, -0.2) is 20.6 Å². The van der Waals surface area contributed by atoms with Gasteiger partial charge in [0, 0.05) is 18.4 Å². The minimum absolute atomic E-state index is 0.0212. The molecule has 0 aromatic carbocycles. The standard InChI is InChI=1S/C12H15N3O3S/c1-4-10(17)18-6-8-5-9(16)15-12(13-8)19-11(14-15)7(2)3/h5,7H,4,6H2,1-3H3. The first-order chi connectivity index (χ1) is 9.01. The van der Waals surface area contributed by atoms with Gasteiger partial charge in [-0.2, -0.15) is 9.61 Å². The number of nitrogens with zero attached hydrogens (tertiary/aromatic N) is 3. The van der Waals surface area contributed by atoms with Crippen LogP contribution in [0, 0.1) is 0 Å². The highest BCUT2D eigenvalue weighted by Gasteiger charge is 2.12. The fraction of sp³-hybridized carbons (Fsp3) is 0.500. The van der Waals surface area contributed by atoms with Crippen molar-refractivity contribution in [3.8, 4) is 0 Å². The summed E-state index contributed by atoms with van der Waals surface area (Å²) in [7, 11) is 0. The fourth-order valence-corrected chi connectivity index (χ4v) is 2.36. The van der Waals surface area contributed by atoms with Crippen molar-refractivity contribution in [2.75, 3.05) is 0 Å².